The Morgan fingerprint density at radius 3 is 2.26 bits per heavy atom. The van der Waals surface area contributed by atoms with Gasteiger partial charge < -0.3 is 15.7 Å². The van der Waals surface area contributed by atoms with Crippen LogP contribution < -0.4 is 10.6 Å². The molecule has 1 rings (SSSR count). The van der Waals surface area contributed by atoms with Gasteiger partial charge in [-0.05, 0) is 30.5 Å². The van der Waals surface area contributed by atoms with E-state index >= 15 is 0 Å². The predicted octanol–water partition coefficient (Wildman–Crippen LogP) is 1.90. The lowest BCUT2D eigenvalue weighted by Crippen LogP contribution is -2.48. The molecule has 0 radical (unpaired) electrons. The number of hydrogen-bond donors (Lipinski definition) is 3. The highest BCUT2D eigenvalue weighted by Crippen LogP contribution is 2.22. The lowest BCUT2D eigenvalue weighted by atomic mass is 10.0. The van der Waals surface area contributed by atoms with Gasteiger partial charge in [-0.3, -0.25) is 9.59 Å². The highest BCUT2D eigenvalue weighted by atomic mass is 32.2. The monoisotopic (exact) mass is 338 g/mol. The van der Waals surface area contributed by atoms with Crippen molar-refractivity contribution in [1.29, 1.82) is 0 Å². The third-order valence-corrected chi connectivity index (χ3v) is 4.33. The smallest absolute Gasteiger partial charge is 0.243 e. The SMILES string of the molecule is CC(=O)NC(CSc1ccc(C(C)C)cc1)C(=O)NCC(C)O. The summed E-state index contributed by atoms with van der Waals surface area (Å²) in [5.74, 6) is 0.379. The molecule has 5 nitrogen and oxygen atoms in total. The Balaban J connectivity index is 2.62. The fourth-order valence-electron chi connectivity index (χ4n) is 1.93. The van der Waals surface area contributed by atoms with E-state index in [1.807, 2.05) is 12.1 Å². The number of hydrogen-bond acceptors (Lipinski definition) is 4. The van der Waals surface area contributed by atoms with Crippen LogP contribution in [0.3, 0.4) is 0 Å². The molecule has 1 aromatic rings. The number of aliphatic hydroxyl groups is 1. The van der Waals surface area contributed by atoms with Crippen LogP contribution in [0.1, 0.15) is 39.2 Å². The third kappa shape index (κ3) is 7.52. The van der Waals surface area contributed by atoms with Crippen molar-refractivity contribution in [3.8, 4) is 0 Å². The molecule has 2 amide bonds. The molecule has 0 bridgehead atoms. The minimum atomic E-state index is -0.624. The normalized spacial score (nSPS) is 13.5. The van der Waals surface area contributed by atoms with E-state index in [0.29, 0.717) is 11.7 Å². The van der Waals surface area contributed by atoms with Crippen LogP contribution in [-0.4, -0.2) is 41.4 Å². The summed E-state index contributed by atoms with van der Waals surface area (Å²) in [5.41, 5.74) is 1.27. The first kappa shape index (κ1) is 19.5. The average molecular weight is 338 g/mol. The molecule has 23 heavy (non-hydrogen) atoms. The van der Waals surface area contributed by atoms with Crippen LogP contribution in [0.25, 0.3) is 0 Å². The molecule has 3 N–H and O–H groups in total. The summed E-state index contributed by atoms with van der Waals surface area (Å²) in [5, 5.41) is 14.5. The van der Waals surface area contributed by atoms with Crippen molar-refractivity contribution in [2.24, 2.45) is 0 Å². The zero-order valence-electron chi connectivity index (χ0n) is 14.1. The van der Waals surface area contributed by atoms with E-state index in [1.165, 1.54) is 24.2 Å². The van der Waals surface area contributed by atoms with E-state index in [2.05, 4.69) is 36.6 Å². The van der Waals surface area contributed by atoms with Crippen LogP contribution in [0, 0.1) is 0 Å². The number of carbonyl (C=O) groups is 2. The minimum absolute atomic E-state index is 0.169. The number of thioether (sulfide) groups is 1. The van der Waals surface area contributed by atoms with Crippen molar-refractivity contribution < 1.29 is 14.7 Å². The average Bonchev–Trinajstić information content (AvgIpc) is 2.49. The van der Waals surface area contributed by atoms with Crippen LogP contribution in [0.4, 0.5) is 0 Å². The molecule has 0 fully saturated rings. The first-order chi connectivity index (χ1) is 10.8. The van der Waals surface area contributed by atoms with Crippen LogP contribution in [-0.2, 0) is 9.59 Å². The Hall–Kier alpha value is -1.53. The maximum absolute atomic E-state index is 12.1. The topological polar surface area (TPSA) is 78.4 Å². The van der Waals surface area contributed by atoms with Gasteiger partial charge in [0.2, 0.25) is 11.8 Å². The second-order valence-electron chi connectivity index (χ2n) is 5.88. The first-order valence-corrected chi connectivity index (χ1v) is 8.73. The van der Waals surface area contributed by atoms with Crippen LogP contribution in [0.5, 0.6) is 0 Å². The van der Waals surface area contributed by atoms with Crippen LogP contribution in [0.15, 0.2) is 29.2 Å². The van der Waals surface area contributed by atoms with Gasteiger partial charge in [-0.2, -0.15) is 0 Å². The molecule has 0 aromatic heterocycles. The Bertz CT molecular complexity index is 515. The minimum Gasteiger partial charge on any atom is -0.392 e. The van der Waals surface area contributed by atoms with Crippen molar-refractivity contribution in [3.63, 3.8) is 0 Å². The Morgan fingerprint density at radius 2 is 1.78 bits per heavy atom. The first-order valence-electron chi connectivity index (χ1n) is 7.75. The Labute approximate surface area is 142 Å². The second kappa shape index (κ2) is 9.57. The molecular formula is C17H26N2O3S. The summed E-state index contributed by atoms with van der Waals surface area (Å²) in [6.07, 6.45) is -0.617. The molecule has 0 saturated heterocycles. The van der Waals surface area contributed by atoms with E-state index in [1.54, 1.807) is 6.92 Å². The molecule has 2 unspecified atom stereocenters. The summed E-state index contributed by atoms with van der Waals surface area (Å²) in [7, 11) is 0. The van der Waals surface area contributed by atoms with Crippen LogP contribution in [0.2, 0.25) is 0 Å². The molecule has 0 saturated carbocycles. The Kier molecular flexibility index (Phi) is 8.12. The molecule has 0 aliphatic heterocycles. The van der Waals surface area contributed by atoms with Gasteiger partial charge in [0.15, 0.2) is 0 Å². The molecule has 0 heterocycles. The van der Waals surface area contributed by atoms with E-state index in [9.17, 15) is 14.7 Å². The number of carbonyl (C=O) groups excluding carboxylic acids is 2. The van der Waals surface area contributed by atoms with E-state index in [4.69, 9.17) is 0 Å². The number of nitrogens with one attached hydrogen (secondary N) is 2. The lowest BCUT2D eigenvalue weighted by molar-refractivity contribution is -0.127. The van der Waals surface area contributed by atoms with Crippen molar-refractivity contribution in [2.75, 3.05) is 12.3 Å². The molecule has 0 spiro atoms. The Morgan fingerprint density at radius 1 is 1.17 bits per heavy atom. The quantitative estimate of drug-likeness (QED) is 0.633. The second-order valence-corrected chi connectivity index (χ2v) is 6.98. The van der Waals surface area contributed by atoms with E-state index < -0.39 is 12.1 Å². The summed E-state index contributed by atoms with van der Waals surface area (Å²) in [6, 6.07) is 7.58. The van der Waals surface area contributed by atoms with Crippen molar-refractivity contribution in [1.82, 2.24) is 10.6 Å². The van der Waals surface area contributed by atoms with Crippen molar-refractivity contribution >= 4 is 23.6 Å². The molecule has 2 atom stereocenters. The fourth-order valence-corrected chi connectivity index (χ4v) is 2.85. The third-order valence-electron chi connectivity index (χ3n) is 3.23. The molecule has 1 aromatic carbocycles. The van der Waals surface area contributed by atoms with Crippen molar-refractivity contribution in [3.05, 3.63) is 29.8 Å². The summed E-state index contributed by atoms with van der Waals surface area (Å²) in [4.78, 5) is 24.4. The molecule has 0 aliphatic rings. The zero-order chi connectivity index (χ0) is 17.4. The van der Waals surface area contributed by atoms with Gasteiger partial charge >= 0.3 is 0 Å². The molecular weight excluding hydrogens is 312 g/mol. The van der Waals surface area contributed by atoms with Gasteiger partial charge in [0.25, 0.3) is 0 Å². The predicted molar refractivity (Wildman–Crippen MR) is 93.6 cm³/mol. The van der Waals surface area contributed by atoms with Gasteiger partial charge in [-0.1, -0.05) is 26.0 Å². The van der Waals surface area contributed by atoms with Gasteiger partial charge in [0.05, 0.1) is 6.10 Å². The number of rotatable bonds is 8. The van der Waals surface area contributed by atoms with Gasteiger partial charge in [-0.15, -0.1) is 11.8 Å². The zero-order valence-corrected chi connectivity index (χ0v) is 14.9. The fraction of sp³-hybridized carbons (Fsp3) is 0.529. The maximum Gasteiger partial charge on any atom is 0.243 e. The van der Waals surface area contributed by atoms with E-state index in [-0.39, 0.29) is 18.4 Å². The molecule has 6 heteroatoms. The maximum atomic E-state index is 12.1. The van der Waals surface area contributed by atoms with E-state index in [0.717, 1.165) is 4.90 Å². The highest BCUT2D eigenvalue weighted by molar-refractivity contribution is 7.99. The summed E-state index contributed by atoms with van der Waals surface area (Å²) in [6.45, 7) is 7.43. The van der Waals surface area contributed by atoms with Gasteiger partial charge in [0, 0.05) is 24.1 Å². The lowest BCUT2D eigenvalue weighted by Gasteiger charge is -2.18. The highest BCUT2D eigenvalue weighted by Gasteiger charge is 2.19. The number of aliphatic hydroxyl groups excluding tert-OH is 1. The molecule has 128 valence electrons. The summed E-state index contributed by atoms with van der Waals surface area (Å²) >= 11 is 1.52. The van der Waals surface area contributed by atoms with Crippen molar-refractivity contribution in [2.45, 2.75) is 50.7 Å². The molecule has 0 aliphatic carbocycles. The standard InChI is InChI=1S/C17H26N2O3S/c1-11(2)14-5-7-15(8-6-14)23-10-16(19-13(4)21)17(22)18-9-12(3)20/h5-8,11-12,16,20H,9-10H2,1-4H3,(H,18,22)(H,19,21). The largest absolute Gasteiger partial charge is 0.392 e. The van der Waals surface area contributed by atoms with Gasteiger partial charge in [0.1, 0.15) is 6.04 Å². The van der Waals surface area contributed by atoms with Gasteiger partial charge in [-0.25, -0.2) is 0 Å². The number of amides is 2. The number of benzene rings is 1. The van der Waals surface area contributed by atoms with Crippen LogP contribution >= 0.6 is 11.8 Å². The summed E-state index contributed by atoms with van der Waals surface area (Å²) < 4.78 is 0.